The third-order valence-corrected chi connectivity index (χ3v) is 5.63. The second-order valence-electron chi connectivity index (χ2n) is 5.25. The van der Waals surface area contributed by atoms with Gasteiger partial charge in [0.1, 0.15) is 10.7 Å². The lowest BCUT2D eigenvalue weighted by Crippen LogP contribution is -2.21. The summed E-state index contributed by atoms with van der Waals surface area (Å²) in [7, 11) is -3.53. The first-order valence-corrected chi connectivity index (χ1v) is 9.68. The molecule has 1 heterocycles. The Morgan fingerprint density at radius 2 is 2.14 bits per heavy atom. The topological polar surface area (TPSA) is 59.1 Å². The average Bonchev–Trinajstić information content (AvgIpc) is 2.82. The fourth-order valence-electron chi connectivity index (χ4n) is 2.17. The number of hydrogen-bond donors (Lipinski definition) is 1. The zero-order valence-corrected chi connectivity index (χ0v) is 14.4. The minimum Gasteiger partial charge on any atom is -0.310 e. The number of sulfone groups is 1. The third kappa shape index (κ3) is 4.12. The Morgan fingerprint density at radius 1 is 1.41 bits per heavy atom. The van der Waals surface area contributed by atoms with Crippen LogP contribution in [0.2, 0.25) is 0 Å². The summed E-state index contributed by atoms with van der Waals surface area (Å²) in [6.07, 6.45) is 1.87. The normalized spacial score (nSPS) is 13.3. The maximum absolute atomic E-state index is 13.9. The molecule has 0 radical (unpaired) electrons. The number of benzene rings is 1. The second-order valence-corrected chi connectivity index (χ2v) is 8.17. The largest absolute Gasteiger partial charge is 0.310 e. The standard InChI is InChI=1S/C15H19FN2O2S2/c1-10(17-7-6-14-11(2)18-9-21-14)12-4-5-15(13(16)8-12)22(3,19)20/h4-5,8-10,17H,6-7H2,1-3H3/t10-/m1/s1. The molecule has 0 unspecified atom stereocenters. The Bertz CT molecular complexity index is 757. The number of aromatic nitrogens is 1. The van der Waals surface area contributed by atoms with E-state index in [1.807, 2.05) is 19.4 Å². The van der Waals surface area contributed by atoms with Crippen LogP contribution in [0, 0.1) is 12.7 Å². The summed E-state index contributed by atoms with van der Waals surface area (Å²) in [5.41, 5.74) is 3.60. The van der Waals surface area contributed by atoms with E-state index in [1.54, 1.807) is 17.4 Å². The second kappa shape index (κ2) is 6.85. The van der Waals surface area contributed by atoms with E-state index in [-0.39, 0.29) is 10.9 Å². The first-order chi connectivity index (χ1) is 10.3. The predicted molar refractivity (Wildman–Crippen MR) is 86.5 cm³/mol. The molecule has 2 aromatic rings. The lowest BCUT2D eigenvalue weighted by Gasteiger charge is -2.15. The summed E-state index contributed by atoms with van der Waals surface area (Å²) in [5, 5.41) is 3.31. The van der Waals surface area contributed by atoms with Gasteiger partial charge in [-0.2, -0.15) is 0 Å². The van der Waals surface area contributed by atoms with Crippen LogP contribution in [0.25, 0.3) is 0 Å². The highest BCUT2D eigenvalue weighted by Crippen LogP contribution is 2.20. The number of halogens is 1. The Morgan fingerprint density at radius 3 is 2.68 bits per heavy atom. The minimum atomic E-state index is -3.53. The molecule has 0 fully saturated rings. The molecule has 0 bridgehead atoms. The van der Waals surface area contributed by atoms with Gasteiger partial charge >= 0.3 is 0 Å². The number of rotatable bonds is 6. The van der Waals surface area contributed by atoms with Crippen molar-refractivity contribution < 1.29 is 12.8 Å². The summed E-state index contributed by atoms with van der Waals surface area (Å²) >= 11 is 1.63. The van der Waals surface area contributed by atoms with Crippen molar-refractivity contribution in [2.75, 3.05) is 12.8 Å². The molecular weight excluding hydrogens is 323 g/mol. The average molecular weight is 342 g/mol. The van der Waals surface area contributed by atoms with Crippen LogP contribution < -0.4 is 5.32 Å². The van der Waals surface area contributed by atoms with Gasteiger partial charge in [0, 0.05) is 23.7 Å². The predicted octanol–water partition coefficient (Wildman–Crippen LogP) is 2.89. The van der Waals surface area contributed by atoms with E-state index in [0.29, 0.717) is 0 Å². The molecule has 22 heavy (non-hydrogen) atoms. The molecule has 4 nitrogen and oxygen atoms in total. The van der Waals surface area contributed by atoms with Crippen LogP contribution in [0.1, 0.15) is 29.1 Å². The lowest BCUT2D eigenvalue weighted by atomic mass is 10.1. The van der Waals surface area contributed by atoms with Gasteiger partial charge in [0.2, 0.25) is 0 Å². The Balaban J connectivity index is 1.99. The van der Waals surface area contributed by atoms with E-state index in [4.69, 9.17) is 0 Å². The monoisotopic (exact) mass is 342 g/mol. The van der Waals surface area contributed by atoms with Crippen molar-refractivity contribution in [3.63, 3.8) is 0 Å². The molecule has 0 aliphatic rings. The highest BCUT2D eigenvalue weighted by molar-refractivity contribution is 7.90. The molecule has 0 spiro atoms. The minimum absolute atomic E-state index is 0.0589. The molecule has 0 amide bonds. The Labute approximate surface area is 134 Å². The summed E-state index contributed by atoms with van der Waals surface area (Å²) in [6, 6.07) is 4.20. The molecule has 1 aromatic carbocycles. The van der Waals surface area contributed by atoms with Crippen molar-refractivity contribution in [1.82, 2.24) is 10.3 Å². The highest BCUT2D eigenvalue weighted by atomic mass is 32.2. The summed E-state index contributed by atoms with van der Waals surface area (Å²) in [5.74, 6) is -0.702. The maximum Gasteiger partial charge on any atom is 0.178 e. The summed E-state index contributed by atoms with van der Waals surface area (Å²) in [6.45, 7) is 4.66. The highest BCUT2D eigenvalue weighted by Gasteiger charge is 2.15. The van der Waals surface area contributed by atoms with Crippen LogP contribution in [0.3, 0.4) is 0 Å². The molecule has 0 aliphatic carbocycles. The third-order valence-electron chi connectivity index (χ3n) is 3.50. The number of nitrogens with zero attached hydrogens (tertiary/aromatic N) is 1. The molecule has 0 aliphatic heterocycles. The fourth-order valence-corrected chi connectivity index (χ4v) is 3.68. The quantitative estimate of drug-likeness (QED) is 0.877. The Kier molecular flexibility index (Phi) is 5.31. The van der Waals surface area contributed by atoms with Gasteiger partial charge in [-0.25, -0.2) is 17.8 Å². The number of hydrogen-bond acceptors (Lipinski definition) is 5. The van der Waals surface area contributed by atoms with Gasteiger partial charge in [-0.05, 0) is 38.0 Å². The number of nitrogens with one attached hydrogen (secondary N) is 1. The van der Waals surface area contributed by atoms with Crippen LogP contribution in [0.5, 0.6) is 0 Å². The van der Waals surface area contributed by atoms with Crippen LogP contribution >= 0.6 is 11.3 Å². The first-order valence-electron chi connectivity index (χ1n) is 6.91. The van der Waals surface area contributed by atoms with Gasteiger partial charge in [-0.1, -0.05) is 6.07 Å². The molecular formula is C15H19FN2O2S2. The van der Waals surface area contributed by atoms with E-state index in [1.165, 1.54) is 17.0 Å². The Hall–Kier alpha value is -1.31. The van der Waals surface area contributed by atoms with Crippen molar-refractivity contribution in [3.05, 3.63) is 45.7 Å². The van der Waals surface area contributed by atoms with Crippen molar-refractivity contribution in [2.45, 2.75) is 31.2 Å². The van der Waals surface area contributed by atoms with E-state index in [0.717, 1.165) is 30.5 Å². The van der Waals surface area contributed by atoms with Crippen molar-refractivity contribution in [2.24, 2.45) is 0 Å². The van der Waals surface area contributed by atoms with Gasteiger partial charge in [0.25, 0.3) is 0 Å². The fraction of sp³-hybridized carbons (Fsp3) is 0.400. The zero-order valence-electron chi connectivity index (χ0n) is 12.8. The molecule has 0 saturated heterocycles. The van der Waals surface area contributed by atoms with E-state index >= 15 is 0 Å². The SMILES string of the molecule is Cc1ncsc1CCN[C@H](C)c1ccc(S(C)(=O)=O)c(F)c1. The smallest absolute Gasteiger partial charge is 0.178 e. The van der Waals surface area contributed by atoms with E-state index in [9.17, 15) is 12.8 Å². The van der Waals surface area contributed by atoms with Gasteiger partial charge in [-0.3, -0.25) is 0 Å². The maximum atomic E-state index is 13.9. The molecule has 0 saturated carbocycles. The van der Waals surface area contributed by atoms with Gasteiger partial charge in [0.05, 0.1) is 11.2 Å². The van der Waals surface area contributed by atoms with Gasteiger partial charge in [0.15, 0.2) is 9.84 Å². The van der Waals surface area contributed by atoms with Crippen LogP contribution in [-0.4, -0.2) is 26.2 Å². The number of thiazole rings is 1. The van der Waals surface area contributed by atoms with E-state index in [2.05, 4.69) is 10.3 Å². The van der Waals surface area contributed by atoms with Gasteiger partial charge in [-0.15, -0.1) is 11.3 Å². The van der Waals surface area contributed by atoms with Crippen molar-refractivity contribution in [1.29, 1.82) is 0 Å². The summed E-state index contributed by atoms with van der Waals surface area (Å²) < 4.78 is 36.7. The van der Waals surface area contributed by atoms with Crippen LogP contribution in [0.15, 0.2) is 28.6 Å². The van der Waals surface area contributed by atoms with Crippen LogP contribution in [-0.2, 0) is 16.3 Å². The zero-order chi connectivity index (χ0) is 16.3. The lowest BCUT2D eigenvalue weighted by molar-refractivity contribution is 0.552. The molecule has 7 heteroatoms. The molecule has 1 atom stereocenters. The van der Waals surface area contributed by atoms with Crippen LogP contribution in [0.4, 0.5) is 4.39 Å². The molecule has 1 aromatic heterocycles. The van der Waals surface area contributed by atoms with Crippen molar-refractivity contribution in [3.8, 4) is 0 Å². The first kappa shape index (κ1) is 17.1. The summed E-state index contributed by atoms with van der Waals surface area (Å²) in [4.78, 5) is 5.18. The molecule has 1 N–H and O–H groups in total. The van der Waals surface area contributed by atoms with Crippen molar-refractivity contribution >= 4 is 21.2 Å². The number of aryl methyl sites for hydroxylation is 1. The molecule has 2 rings (SSSR count). The molecule has 120 valence electrons. The van der Waals surface area contributed by atoms with Gasteiger partial charge < -0.3 is 5.32 Å². The van der Waals surface area contributed by atoms with E-state index < -0.39 is 15.7 Å².